The van der Waals surface area contributed by atoms with Gasteiger partial charge >= 0.3 is 0 Å². The minimum Gasteiger partial charge on any atom is -0.470 e. The predicted molar refractivity (Wildman–Crippen MR) is 126 cm³/mol. The van der Waals surface area contributed by atoms with Crippen LogP contribution in [0.4, 0.5) is 0 Å². The fraction of sp³-hybridized carbons (Fsp3) is 0.692. The van der Waals surface area contributed by atoms with Gasteiger partial charge in [-0.15, -0.1) is 13.2 Å². The maximum atomic E-state index is 13.9. The molecule has 4 aliphatic rings. The summed E-state index contributed by atoms with van der Waals surface area (Å²) < 4.78 is 12.5. The van der Waals surface area contributed by atoms with E-state index in [-0.39, 0.29) is 30.6 Å². The number of carbonyl (C=O) groups is 1. The molecule has 1 N–H and O–H groups in total. The van der Waals surface area contributed by atoms with Crippen molar-refractivity contribution in [3.05, 3.63) is 36.5 Å². The Hall–Kier alpha value is -1.92. The molecule has 0 bridgehead atoms. The van der Waals surface area contributed by atoms with E-state index in [1.54, 1.807) is 6.08 Å². The molecule has 0 aromatic heterocycles. The third-order valence-corrected chi connectivity index (χ3v) is 7.45. The molecule has 0 aromatic carbocycles. The Morgan fingerprint density at radius 3 is 2.69 bits per heavy atom. The first kappa shape index (κ1) is 23.2. The molecule has 1 saturated carbocycles. The standard InChI is InChI=1S/C26H38N2O4/c1-3-14-26-23(22-9-6-5-8-20(22)18-28(15-4-2)25(26)30)32-24(27-26)19-10-12-21(13-11-19)31-17-7-16-29/h3-4,19,21,23,29H,1-2,5-18H2/t19?,21?,23-,26-/m1/s1. The Morgan fingerprint density at radius 2 is 1.97 bits per heavy atom. The van der Waals surface area contributed by atoms with Crippen molar-refractivity contribution in [2.24, 2.45) is 10.9 Å². The van der Waals surface area contributed by atoms with Crippen molar-refractivity contribution in [3.8, 4) is 0 Å². The Balaban J connectivity index is 1.58. The highest BCUT2D eigenvalue weighted by atomic mass is 16.5. The van der Waals surface area contributed by atoms with E-state index in [2.05, 4.69) is 13.2 Å². The molecule has 1 amide bonds. The number of hydrogen-bond donors (Lipinski definition) is 1. The lowest BCUT2D eigenvalue weighted by atomic mass is 9.79. The number of aliphatic hydroxyl groups excluding tert-OH is 1. The molecule has 2 heterocycles. The van der Waals surface area contributed by atoms with Gasteiger partial charge in [-0.3, -0.25) is 4.79 Å². The van der Waals surface area contributed by atoms with Crippen molar-refractivity contribution in [3.63, 3.8) is 0 Å². The molecule has 0 aromatic rings. The average Bonchev–Trinajstić information content (AvgIpc) is 3.16. The Labute approximate surface area is 192 Å². The zero-order chi connectivity index (χ0) is 22.6. The summed E-state index contributed by atoms with van der Waals surface area (Å²) in [7, 11) is 0. The maximum Gasteiger partial charge on any atom is 0.255 e. The molecule has 176 valence electrons. The summed E-state index contributed by atoms with van der Waals surface area (Å²) in [6.45, 7) is 9.82. The molecular formula is C26H38N2O4. The van der Waals surface area contributed by atoms with Gasteiger partial charge in [-0.05, 0) is 68.9 Å². The van der Waals surface area contributed by atoms with E-state index in [1.807, 2.05) is 11.0 Å². The lowest BCUT2D eigenvalue weighted by molar-refractivity contribution is -0.137. The molecule has 2 atom stereocenters. The molecule has 6 nitrogen and oxygen atoms in total. The van der Waals surface area contributed by atoms with E-state index in [0.717, 1.165) is 50.8 Å². The van der Waals surface area contributed by atoms with E-state index in [1.165, 1.54) is 17.6 Å². The van der Waals surface area contributed by atoms with Crippen molar-refractivity contribution in [1.82, 2.24) is 4.90 Å². The monoisotopic (exact) mass is 442 g/mol. The summed E-state index contributed by atoms with van der Waals surface area (Å²) in [5.74, 6) is 1.04. The highest BCUT2D eigenvalue weighted by Crippen LogP contribution is 2.45. The van der Waals surface area contributed by atoms with E-state index in [0.29, 0.717) is 32.5 Å². The van der Waals surface area contributed by atoms with Crippen molar-refractivity contribution < 1.29 is 19.4 Å². The van der Waals surface area contributed by atoms with Gasteiger partial charge in [0.2, 0.25) is 0 Å². The van der Waals surface area contributed by atoms with Crippen LogP contribution in [0.15, 0.2) is 41.4 Å². The third kappa shape index (κ3) is 4.44. The van der Waals surface area contributed by atoms with Crippen LogP contribution < -0.4 is 0 Å². The Bertz CT molecular complexity index is 781. The lowest BCUT2D eigenvalue weighted by Crippen LogP contribution is -2.52. The third-order valence-electron chi connectivity index (χ3n) is 7.45. The predicted octanol–water partition coefficient (Wildman–Crippen LogP) is 3.96. The maximum absolute atomic E-state index is 13.9. The minimum atomic E-state index is -0.928. The van der Waals surface area contributed by atoms with Crippen molar-refractivity contribution in [2.75, 3.05) is 26.3 Å². The number of aliphatic hydroxyl groups is 1. The quantitative estimate of drug-likeness (QED) is 0.433. The molecule has 0 spiro atoms. The summed E-state index contributed by atoms with van der Waals surface area (Å²) in [5.41, 5.74) is 1.74. The van der Waals surface area contributed by atoms with Gasteiger partial charge in [-0.2, -0.15) is 0 Å². The molecule has 32 heavy (non-hydrogen) atoms. The number of carbonyl (C=O) groups excluding carboxylic acids is 1. The van der Waals surface area contributed by atoms with Gasteiger partial charge < -0.3 is 19.5 Å². The fourth-order valence-electron chi connectivity index (χ4n) is 5.83. The first-order valence-electron chi connectivity index (χ1n) is 12.3. The van der Waals surface area contributed by atoms with E-state index in [9.17, 15) is 4.79 Å². The summed E-state index contributed by atoms with van der Waals surface area (Å²) in [5, 5.41) is 8.97. The van der Waals surface area contributed by atoms with Crippen LogP contribution in [0, 0.1) is 5.92 Å². The largest absolute Gasteiger partial charge is 0.470 e. The van der Waals surface area contributed by atoms with Crippen LogP contribution >= 0.6 is 0 Å². The van der Waals surface area contributed by atoms with Crippen LogP contribution in [0.3, 0.4) is 0 Å². The summed E-state index contributed by atoms with van der Waals surface area (Å²) in [6, 6.07) is 0. The normalized spacial score (nSPS) is 32.5. The van der Waals surface area contributed by atoms with Crippen LogP contribution in [0.5, 0.6) is 0 Å². The van der Waals surface area contributed by atoms with E-state index >= 15 is 0 Å². The number of fused-ring (bicyclic) bond motifs is 2. The highest BCUT2D eigenvalue weighted by Gasteiger charge is 2.57. The molecule has 2 aliphatic carbocycles. The molecule has 0 unspecified atom stereocenters. The van der Waals surface area contributed by atoms with Crippen LogP contribution in [0.2, 0.25) is 0 Å². The SMILES string of the molecule is C=CCN1CC2=C(CCCC2)[C@H]2OC(C3CCC(OCCCO)CC3)=N[C@@]2(CC=C)C1=O. The highest BCUT2D eigenvalue weighted by molar-refractivity contribution is 5.95. The van der Waals surface area contributed by atoms with Crippen LogP contribution in [0.1, 0.15) is 64.2 Å². The van der Waals surface area contributed by atoms with Crippen LogP contribution in [-0.2, 0) is 14.3 Å². The smallest absolute Gasteiger partial charge is 0.255 e. The second-order valence-corrected chi connectivity index (χ2v) is 9.60. The molecule has 0 radical (unpaired) electrons. The lowest BCUT2D eigenvalue weighted by Gasteiger charge is -2.32. The zero-order valence-corrected chi connectivity index (χ0v) is 19.3. The van der Waals surface area contributed by atoms with Gasteiger partial charge in [0.1, 0.15) is 0 Å². The van der Waals surface area contributed by atoms with Crippen LogP contribution in [0.25, 0.3) is 0 Å². The first-order chi connectivity index (χ1) is 15.6. The number of amides is 1. The van der Waals surface area contributed by atoms with E-state index in [4.69, 9.17) is 19.6 Å². The van der Waals surface area contributed by atoms with Crippen molar-refractivity contribution in [1.29, 1.82) is 0 Å². The molecular weight excluding hydrogens is 404 g/mol. The fourth-order valence-corrected chi connectivity index (χ4v) is 5.83. The topological polar surface area (TPSA) is 71.4 Å². The zero-order valence-electron chi connectivity index (χ0n) is 19.3. The minimum absolute atomic E-state index is 0.0488. The summed E-state index contributed by atoms with van der Waals surface area (Å²) in [6.07, 6.45) is 12.9. The number of ether oxygens (including phenoxy) is 2. The number of hydrogen-bond acceptors (Lipinski definition) is 5. The van der Waals surface area contributed by atoms with Gasteiger partial charge in [0.25, 0.3) is 5.91 Å². The number of nitrogens with zero attached hydrogens (tertiary/aromatic N) is 2. The van der Waals surface area contributed by atoms with Gasteiger partial charge in [0, 0.05) is 38.6 Å². The molecule has 0 saturated heterocycles. The Morgan fingerprint density at radius 1 is 1.19 bits per heavy atom. The number of rotatable bonds is 9. The second kappa shape index (κ2) is 10.3. The van der Waals surface area contributed by atoms with Gasteiger partial charge in [-0.1, -0.05) is 12.2 Å². The van der Waals surface area contributed by atoms with Gasteiger partial charge in [-0.25, -0.2) is 4.99 Å². The van der Waals surface area contributed by atoms with E-state index < -0.39 is 5.54 Å². The Kier molecular flexibility index (Phi) is 7.51. The second-order valence-electron chi connectivity index (χ2n) is 9.60. The molecule has 4 rings (SSSR count). The molecule has 1 fully saturated rings. The first-order valence-corrected chi connectivity index (χ1v) is 12.3. The summed E-state index contributed by atoms with van der Waals surface area (Å²) in [4.78, 5) is 20.9. The number of aliphatic imine (C=N–C) groups is 1. The molecule has 2 aliphatic heterocycles. The van der Waals surface area contributed by atoms with Crippen LogP contribution in [-0.4, -0.2) is 65.9 Å². The average molecular weight is 443 g/mol. The summed E-state index contributed by atoms with van der Waals surface area (Å²) >= 11 is 0. The molecule has 6 heteroatoms. The van der Waals surface area contributed by atoms with Gasteiger partial charge in [0.05, 0.1) is 6.10 Å². The van der Waals surface area contributed by atoms with Gasteiger partial charge in [0.15, 0.2) is 17.5 Å². The van der Waals surface area contributed by atoms with Crippen molar-refractivity contribution in [2.45, 2.75) is 82.0 Å². The van der Waals surface area contributed by atoms with Crippen molar-refractivity contribution >= 4 is 11.8 Å².